The molecule has 1 aromatic rings. The average molecular weight is 314 g/mol. The Morgan fingerprint density at radius 3 is 2.57 bits per heavy atom. The number of carbonyl (C=O) groups is 2. The lowest BCUT2D eigenvalue weighted by Crippen LogP contribution is -2.40. The Morgan fingerprint density at radius 1 is 1.29 bits per heavy atom. The van der Waals surface area contributed by atoms with Crippen LogP contribution in [0.25, 0.3) is 0 Å². The first-order valence-corrected chi connectivity index (χ1v) is 6.99. The van der Waals surface area contributed by atoms with E-state index in [1.165, 1.54) is 12.1 Å². The molecule has 3 rings (SSSR count). The number of carbonyl (C=O) groups excluding carboxylic acids is 1. The summed E-state index contributed by atoms with van der Waals surface area (Å²) in [5.74, 6) is -3.61. The van der Waals surface area contributed by atoms with Crippen LogP contribution >= 0.6 is 11.6 Å². The minimum absolute atomic E-state index is 0.105. The maximum absolute atomic E-state index is 13.1. The fourth-order valence-corrected chi connectivity index (χ4v) is 3.30. The number of carboxylic acid groups (broad SMARTS) is 1. The molecule has 0 radical (unpaired) electrons. The SMILES string of the molecule is O=C(O)[C@@H]1[C@H](C(=O)Nc2ccc(F)c(Cl)c2)[C@@H]2CC[C@@H]1O2. The molecule has 2 aliphatic rings. The van der Waals surface area contributed by atoms with Crippen molar-refractivity contribution in [3.05, 3.63) is 29.0 Å². The molecule has 0 aliphatic carbocycles. The molecule has 2 N–H and O–H groups in total. The van der Waals surface area contributed by atoms with Crippen LogP contribution in [0.15, 0.2) is 18.2 Å². The molecule has 2 bridgehead atoms. The Kier molecular flexibility index (Phi) is 3.59. The van der Waals surface area contributed by atoms with E-state index in [4.69, 9.17) is 16.3 Å². The molecular formula is C14H13ClFNO4. The molecule has 0 spiro atoms. The van der Waals surface area contributed by atoms with Crippen LogP contribution in [-0.2, 0) is 14.3 Å². The predicted octanol–water partition coefficient (Wildman–Crippen LogP) is 2.30. The van der Waals surface area contributed by atoms with E-state index in [0.29, 0.717) is 18.5 Å². The molecule has 21 heavy (non-hydrogen) atoms. The Bertz CT molecular complexity index is 609. The van der Waals surface area contributed by atoms with Gasteiger partial charge in [-0.25, -0.2) is 4.39 Å². The Morgan fingerprint density at radius 2 is 1.95 bits per heavy atom. The van der Waals surface area contributed by atoms with Gasteiger partial charge in [-0.05, 0) is 31.0 Å². The fourth-order valence-electron chi connectivity index (χ4n) is 3.12. The molecule has 1 amide bonds. The predicted molar refractivity (Wildman–Crippen MR) is 72.6 cm³/mol. The third kappa shape index (κ3) is 2.49. The standard InChI is InChI=1S/C14H13ClFNO4/c15-7-5-6(1-2-8(7)16)17-13(18)11-9-3-4-10(21-9)12(11)14(19)20/h1-2,5,9-12H,3-4H2,(H,17,18)(H,19,20)/t9-,10-,11+,12-/m0/s1. The minimum atomic E-state index is -1.03. The number of halogens is 2. The van der Waals surface area contributed by atoms with Gasteiger partial charge in [-0.1, -0.05) is 11.6 Å². The largest absolute Gasteiger partial charge is 0.481 e. The van der Waals surface area contributed by atoms with E-state index >= 15 is 0 Å². The second-order valence-electron chi connectivity index (χ2n) is 5.30. The zero-order valence-electron chi connectivity index (χ0n) is 10.9. The van der Waals surface area contributed by atoms with Crippen molar-refractivity contribution >= 4 is 29.2 Å². The van der Waals surface area contributed by atoms with E-state index < -0.39 is 35.6 Å². The summed E-state index contributed by atoms with van der Waals surface area (Å²) < 4.78 is 18.6. The van der Waals surface area contributed by atoms with Gasteiger partial charge in [0.15, 0.2) is 0 Å². The summed E-state index contributed by atoms with van der Waals surface area (Å²) in [5.41, 5.74) is 0.332. The summed E-state index contributed by atoms with van der Waals surface area (Å²) in [6.45, 7) is 0. The zero-order chi connectivity index (χ0) is 15.1. The van der Waals surface area contributed by atoms with Crippen molar-refractivity contribution in [2.24, 2.45) is 11.8 Å². The number of fused-ring (bicyclic) bond motifs is 2. The second-order valence-corrected chi connectivity index (χ2v) is 5.71. The van der Waals surface area contributed by atoms with Gasteiger partial charge in [0.1, 0.15) is 5.82 Å². The lowest BCUT2D eigenvalue weighted by atomic mass is 9.78. The lowest BCUT2D eigenvalue weighted by molar-refractivity contribution is -0.147. The van der Waals surface area contributed by atoms with E-state index in [0.717, 1.165) is 6.07 Å². The van der Waals surface area contributed by atoms with Gasteiger partial charge < -0.3 is 15.2 Å². The van der Waals surface area contributed by atoms with Crippen LogP contribution in [0, 0.1) is 17.7 Å². The third-order valence-corrected chi connectivity index (χ3v) is 4.34. The van der Waals surface area contributed by atoms with Gasteiger partial charge in [0.05, 0.1) is 29.1 Å². The fraction of sp³-hybridized carbons (Fsp3) is 0.429. The Balaban J connectivity index is 1.78. The van der Waals surface area contributed by atoms with Crippen molar-refractivity contribution in [2.45, 2.75) is 25.0 Å². The van der Waals surface area contributed by atoms with Gasteiger partial charge in [0, 0.05) is 5.69 Å². The summed E-state index contributed by atoms with van der Waals surface area (Å²) in [6.07, 6.45) is 0.567. The average Bonchev–Trinajstić information content (AvgIpc) is 3.03. The maximum atomic E-state index is 13.1. The van der Waals surface area contributed by atoms with Gasteiger partial charge in [-0.3, -0.25) is 9.59 Å². The number of amides is 1. The van der Waals surface area contributed by atoms with Crippen molar-refractivity contribution < 1.29 is 23.8 Å². The molecule has 0 unspecified atom stereocenters. The maximum Gasteiger partial charge on any atom is 0.310 e. The van der Waals surface area contributed by atoms with E-state index in [-0.39, 0.29) is 11.1 Å². The van der Waals surface area contributed by atoms with E-state index in [1.54, 1.807) is 0 Å². The number of ether oxygens (including phenoxy) is 1. The number of rotatable bonds is 3. The van der Waals surface area contributed by atoms with Crippen molar-refractivity contribution in [3.8, 4) is 0 Å². The van der Waals surface area contributed by atoms with Crippen LogP contribution in [0.3, 0.4) is 0 Å². The smallest absolute Gasteiger partial charge is 0.310 e. The molecule has 2 aliphatic heterocycles. The highest BCUT2D eigenvalue weighted by Crippen LogP contribution is 2.44. The first kappa shape index (κ1) is 14.3. The number of hydrogen-bond donors (Lipinski definition) is 2. The molecule has 0 aromatic heterocycles. The van der Waals surface area contributed by atoms with Gasteiger partial charge in [0.25, 0.3) is 0 Å². The van der Waals surface area contributed by atoms with Crippen LogP contribution in [0.2, 0.25) is 5.02 Å². The highest BCUT2D eigenvalue weighted by molar-refractivity contribution is 6.31. The Labute approximate surface area is 125 Å². The minimum Gasteiger partial charge on any atom is -0.481 e. The lowest BCUT2D eigenvalue weighted by Gasteiger charge is -2.23. The molecule has 1 aromatic carbocycles. The molecule has 4 atom stereocenters. The first-order chi connectivity index (χ1) is 9.97. The van der Waals surface area contributed by atoms with Crippen LogP contribution in [0.5, 0.6) is 0 Å². The van der Waals surface area contributed by atoms with Crippen molar-refractivity contribution in [1.29, 1.82) is 0 Å². The van der Waals surface area contributed by atoms with Gasteiger partial charge >= 0.3 is 5.97 Å². The molecule has 7 heteroatoms. The molecule has 5 nitrogen and oxygen atoms in total. The summed E-state index contributed by atoms with van der Waals surface area (Å²) in [7, 11) is 0. The summed E-state index contributed by atoms with van der Waals surface area (Å²) in [6, 6.07) is 3.81. The van der Waals surface area contributed by atoms with Gasteiger partial charge in [-0.15, -0.1) is 0 Å². The highest BCUT2D eigenvalue weighted by Gasteiger charge is 2.55. The number of anilines is 1. The normalized spacial score (nSPS) is 30.4. The summed E-state index contributed by atoms with van der Waals surface area (Å²) in [4.78, 5) is 23.7. The van der Waals surface area contributed by atoms with E-state index in [2.05, 4.69) is 5.32 Å². The van der Waals surface area contributed by atoms with Crippen molar-refractivity contribution in [2.75, 3.05) is 5.32 Å². The van der Waals surface area contributed by atoms with Crippen LogP contribution < -0.4 is 5.32 Å². The molecule has 0 saturated carbocycles. The molecule has 2 heterocycles. The zero-order valence-corrected chi connectivity index (χ0v) is 11.6. The van der Waals surface area contributed by atoms with Crippen LogP contribution in [0.4, 0.5) is 10.1 Å². The topological polar surface area (TPSA) is 75.6 Å². The highest BCUT2D eigenvalue weighted by atomic mass is 35.5. The molecule has 2 fully saturated rings. The van der Waals surface area contributed by atoms with E-state index in [9.17, 15) is 19.1 Å². The first-order valence-electron chi connectivity index (χ1n) is 6.61. The van der Waals surface area contributed by atoms with Gasteiger partial charge in [0.2, 0.25) is 5.91 Å². The Hall–Kier alpha value is -1.66. The monoisotopic (exact) mass is 313 g/mol. The molecule has 2 saturated heterocycles. The number of carboxylic acids is 1. The van der Waals surface area contributed by atoms with Crippen molar-refractivity contribution in [1.82, 2.24) is 0 Å². The summed E-state index contributed by atoms with van der Waals surface area (Å²) >= 11 is 5.65. The van der Waals surface area contributed by atoms with Crippen LogP contribution in [0.1, 0.15) is 12.8 Å². The van der Waals surface area contributed by atoms with Crippen molar-refractivity contribution in [3.63, 3.8) is 0 Å². The van der Waals surface area contributed by atoms with E-state index in [1.807, 2.05) is 0 Å². The number of nitrogens with one attached hydrogen (secondary N) is 1. The van der Waals surface area contributed by atoms with Crippen LogP contribution in [-0.4, -0.2) is 29.2 Å². The number of aliphatic carboxylic acids is 1. The number of benzene rings is 1. The third-order valence-electron chi connectivity index (χ3n) is 4.05. The molecular weight excluding hydrogens is 301 g/mol. The summed E-state index contributed by atoms with van der Waals surface area (Å²) in [5, 5.41) is 11.8. The van der Waals surface area contributed by atoms with Gasteiger partial charge in [-0.2, -0.15) is 0 Å². The second kappa shape index (κ2) is 5.27. The molecule has 112 valence electrons. The number of hydrogen-bond acceptors (Lipinski definition) is 3. The quantitative estimate of drug-likeness (QED) is 0.898.